The Labute approximate surface area is 438 Å². The lowest BCUT2D eigenvalue weighted by Gasteiger charge is -2.28. The first kappa shape index (κ1) is 45.8. The van der Waals surface area contributed by atoms with Crippen LogP contribution in [0.3, 0.4) is 0 Å². The van der Waals surface area contributed by atoms with Gasteiger partial charge in [-0.3, -0.25) is 0 Å². The third-order valence-electron chi connectivity index (χ3n) is 17.5. The fourth-order valence-corrected chi connectivity index (χ4v) is 13.2. The van der Waals surface area contributed by atoms with E-state index in [1.54, 1.807) is 0 Å². The first-order chi connectivity index (χ1) is 35.7. The smallest absolute Gasteiger partial charge is 0.0458 e. The number of allylic oxidation sites excluding steroid dienone is 3. The molecule has 1 nitrogen and oxygen atoms in total. The molecule has 13 rings (SSSR count). The molecule has 1 heteroatoms. The van der Waals surface area contributed by atoms with E-state index in [4.69, 9.17) is 0 Å². The molecule has 0 saturated carbocycles. The number of benzene rings is 10. The maximum absolute atomic E-state index is 2.50. The monoisotopic (exact) mass is 953 g/mol. The van der Waals surface area contributed by atoms with Gasteiger partial charge in [-0.1, -0.05) is 201 Å². The molecule has 0 radical (unpaired) electrons. The first-order valence-electron chi connectivity index (χ1n) is 26.7. The summed E-state index contributed by atoms with van der Waals surface area (Å²) in [5, 5.41) is 5.07. The van der Waals surface area contributed by atoms with Crippen molar-refractivity contribution in [3.05, 3.63) is 257 Å². The Hall–Kier alpha value is -8.00. The Bertz CT molecular complexity index is 3830. The van der Waals surface area contributed by atoms with E-state index >= 15 is 0 Å². The van der Waals surface area contributed by atoms with Crippen molar-refractivity contribution in [2.45, 2.75) is 84.5 Å². The van der Waals surface area contributed by atoms with Crippen LogP contribution in [-0.4, -0.2) is 0 Å². The average molecular weight is 954 g/mol. The minimum Gasteiger partial charge on any atom is -0.317 e. The van der Waals surface area contributed by atoms with Gasteiger partial charge in [-0.05, 0) is 201 Å². The zero-order chi connectivity index (χ0) is 50.8. The lowest BCUT2D eigenvalue weighted by molar-refractivity contribution is 0.653. The van der Waals surface area contributed by atoms with Crippen molar-refractivity contribution in [3.8, 4) is 55.6 Å². The van der Waals surface area contributed by atoms with E-state index in [1.807, 2.05) is 0 Å². The van der Waals surface area contributed by atoms with E-state index in [0.717, 1.165) is 11.4 Å². The van der Waals surface area contributed by atoms with Gasteiger partial charge in [0.2, 0.25) is 0 Å². The molecule has 0 spiro atoms. The molecule has 360 valence electrons. The first-order valence-corrected chi connectivity index (χ1v) is 26.7. The third kappa shape index (κ3) is 7.11. The molecule has 0 atom stereocenters. The molecular weight excluding hydrogens is 891 g/mol. The Morgan fingerprint density at radius 3 is 1.27 bits per heavy atom. The highest BCUT2D eigenvalue weighted by molar-refractivity contribution is 5.93. The second kappa shape index (κ2) is 16.8. The molecule has 0 amide bonds. The minimum atomic E-state index is -0.216. The SMILES string of the molecule is CC1=C(/C=C/N(c2ccc3c(c2)C(C)(C)c2cc(-c4ccc5ccccc5c4)ccc2-3)c2ccc3c(c2)C(C)(C)c2cc(-c4ccc5ccccc5c4)ccc2-3)C(C)(C)c2cc(-c3ccccc3)c(C(C)C)cc21. The van der Waals surface area contributed by atoms with E-state index in [2.05, 4.69) is 280 Å². The molecule has 0 fully saturated rings. The van der Waals surface area contributed by atoms with Crippen molar-refractivity contribution in [1.29, 1.82) is 0 Å². The quantitative estimate of drug-likeness (QED) is 0.147. The van der Waals surface area contributed by atoms with Crippen LogP contribution in [0.15, 0.2) is 218 Å². The third-order valence-corrected chi connectivity index (χ3v) is 17.5. The molecule has 0 heterocycles. The molecule has 3 aliphatic rings. The van der Waals surface area contributed by atoms with Crippen LogP contribution in [0, 0.1) is 0 Å². The largest absolute Gasteiger partial charge is 0.317 e. The van der Waals surface area contributed by atoms with E-state index in [9.17, 15) is 0 Å². The van der Waals surface area contributed by atoms with Crippen molar-refractivity contribution in [3.63, 3.8) is 0 Å². The van der Waals surface area contributed by atoms with Crippen LogP contribution in [0.25, 0.3) is 82.8 Å². The molecular formula is C73H63N. The summed E-state index contributed by atoms with van der Waals surface area (Å²) in [7, 11) is 0. The molecule has 10 aromatic rings. The van der Waals surface area contributed by atoms with Crippen molar-refractivity contribution >= 4 is 38.5 Å². The number of anilines is 2. The van der Waals surface area contributed by atoms with E-state index < -0.39 is 0 Å². The van der Waals surface area contributed by atoms with Crippen molar-refractivity contribution < 1.29 is 0 Å². The number of hydrogen-bond acceptors (Lipinski definition) is 1. The highest BCUT2D eigenvalue weighted by atomic mass is 15.1. The standard InChI is InChI=1S/C73H63N/c1-45(2)62-43-63-46(3)65(71(4,5)70(63)44-64(62)49-19-11-10-12-20-49)35-36-74(56-29-33-60-58-31-27-54(39-66(58)72(6,7)68(60)41-56)52-25-23-47-17-13-15-21-50(47)37-52)57-30-34-61-59-32-28-55(40-67(59)73(8,9)69(61)42-57)53-26-24-48-18-14-16-22-51(48)38-53/h10-45H,1-9H3/b36-35+. The predicted molar refractivity (Wildman–Crippen MR) is 317 cm³/mol. The molecule has 74 heavy (non-hydrogen) atoms. The van der Waals surface area contributed by atoms with Crippen LogP contribution in [-0.2, 0) is 16.2 Å². The molecule has 3 aliphatic carbocycles. The minimum absolute atomic E-state index is 0.213. The fraction of sp³-hybridized carbons (Fsp3) is 0.178. The Kier molecular flexibility index (Phi) is 10.4. The molecule has 0 aromatic heterocycles. The molecule has 0 unspecified atom stereocenters. The molecule has 10 aromatic carbocycles. The zero-order valence-corrected chi connectivity index (χ0v) is 44.2. The summed E-state index contributed by atoms with van der Waals surface area (Å²) in [6.45, 7) is 21.5. The van der Waals surface area contributed by atoms with Gasteiger partial charge in [-0.25, -0.2) is 0 Å². The van der Waals surface area contributed by atoms with Gasteiger partial charge in [-0.2, -0.15) is 0 Å². The summed E-state index contributed by atoms with van der Waals surface area (Å²) in [6.07, 6.45) is 4.80. The van der Waals surface area contributed by atoms with Gasteiger partial charge in [0.05, 0.1) is 0 Å². The Morgan fingerprint density at radius 2 is 0.770 bits per heavy atom. The van der Waals surface area contributed by atoms with Crippen LogP contribution in [0.5, 0.6) is 0 Å². The molecule has 0 aliphatic heterocycles. The van der Waals surface area contributed by atoms with Gasteiger partial charge >= 0.3 is 0 Å². The molecule has 0 saturated heterocycles. The number of rotatable bonds is 8. The van der Waals surface area contributed by atoms with Crippen LogP contribution in [0.2, 0.25) is 0 Å². The van der Waals surface area contributed by atoms with Crippen LogP contribution >= 0.6 is 0 Å². The second-order valence-electron chi connectivity index (χ2n) is 23.2. The summed E-state index contributed by atoms with van der Waals surface area (Å²) >= 11 is 0. The average Bonchev–Trinajstić information content (AvgIpc) is 3.88. The highest BCUT2D eigenvalue weighted by Gasteiger charge is 2.40. The van der Waals surface area contributed by atoms with E-state index in [1.165, 1.54) is 127 Å². The second-order valence-corrected chi connectivity index (χ2v) is 23.2. The van der Waals surface area contributed by atoms with Crippen molar-refractivity contribution in [2.75, 3.05) is 4.90 Å². The summed E-state index contributed by atoms with van der Waals surface area (Å²) in [6, 6.07) is 75.7. The Morgan fingerprint density at radius 1 is 0.351 bits per heavy atom. The summed E-state index contributed by atoms with van der Waals surface area (Å²) in [5.41, 5.74) is 26.9. The Balaban J connectivity index is 0.918. The number of hydrogen-bond donors (Lipinski definition) is 0. The van der Waals surface area contributed by atoms with Crippen LogP contribution < -0.4 is 4.90 Å². The maximum Gasteiger partial charge on any atom is 0.0458 e. The predicted octanol–water partition coefficient (Wildman–Crippen LogP) is 20.1. The zero-order valence-electron chi connectivity index (χ0n) is 44.2. The van der Waals surface area contributed by atoms with Gasteiger partial charge in [0.25, 0.3) is 0 Å². The maximum atomic E-state index is 2.50. The molecule has 0 bridgehead atoms. The van der Waals surface area contributed by atoms with Crippen molar-refractivity contribution in [1.82, 2.24) is 0 Å². The van der Waals surface area contributed by atoms with Crippen LogP contribution in [0.1, 0.15) is 107 Å². The van der Waals surface area contributed by atoms with E-state index in [-0.39, 0.29) is 16.2 Å². The lowest BCUT2D eigenvalue weighted by Crippen LogP contribution is -2.19. The number of nitrogens with zero attached hydrogens (tertiary/aromatic N) is 1. The summed E-state index contributed by atoms with van der Waals surface area (Å²) in [5.74, 6) is 0.391. The lowest BCUT2D eigenvalue weighted by atomic mass is 9.78. The molecule has 0 N–H and O–H groups in total. The van der Waals surface area contributed by atoms with Gasteiger partial charge < -0.3 is 4.90 Å². The number of fused-ring (bicyclic) bond motifs is 9. The van der Waals surface area contributed by atoms with Gasteiger partial charge in [0.1, 0.15) is 0 Å². The normalized spacial score (nSPS) is 15.4. The van der Waals surface area contributed by atoms with Crippen LogP contribution in [0.4, 0.5) is 11.4 Å². The topological polar surface area (TPSA) is 3.24 Å². The van der Waals surface area contributed by atoms with Crippen molar-refractivity contribution in [2.24, 2.45) is 0 Å². The summed E-state index contributed by atoms with van der Waals surface area (Å²) < 4.78 is 0. The van der Waals surface area contributed by atoms with Gasteiger partial charge in [0, 0.05) is 33.8 Å². The summed E-state index contributed by atoms with van der Waals surface area (Å²) in [4.78, 5) is 2.47. The van der Waals surface area contributed by atoms with Gasteiger partial charge in [0.15, 0.2) is 0 Å². The van der Waals surface area contributed by atoms with E-state index in [0.29, 0.717) is 5.92 Å². The fourth-order valence-electron chi connectivity index (χ4n) is 13.2. The highest BCUT2D eigenvalue weighted by Crippen LogP contribution is 2.55. The van der Waals surface area contributed by atoms with Gasteiger partial charge in [-0.15, -0.1) is 0 Å².